The van der Waals surface area contributed by atoms with E-state index in [1.54, 1.807) is 36.2 Å². The quantitative estimate of drug-likeness (QED) is 0.868. The molecule has 1 atom stereocenters. The lowest BCUT2D eigenvalue weighted by Gasteiger charge is -2.25. The van der Waals surface area contributed by atoms with Gasteiger partial charge < -0.3 is 15.3 Å². The van der Waals surface area contributed by atoms with E-state index in [0.29, 0.717) is 17.2 Å². The number of hydrogen-bond donors (Lipinski definition) is 2. The van der Waals surface area contributed by atoms with Crippen molar-refractivity contribution in [1.82, 2.24) is 4.90 Å². The van der Waals surface area contributed by atoms with E-state index in [2.05, 4.69) is 12.2 Å². The molecule has 1 aromatic carbocycles. The van der Waals surface area contributed by atoms with Crippen LogP contribution >= 0.6 is 0 Å². The molecule has 0 spiro atoms. The molecule has 1 aliphatic carbocycles. The van der Waals surface area contributed by atoms with Crippen molar-refractivity contribution in [2.75, 3.05) is 12.4 Å². The summed E-state index contributed by atoms with van der Waals surface area (Å²) in [7, 11) is 1.79. The molecule has 1 aromatic rings. The second-order valence-electron chi connectivity index (χ2n) is 5.39. The van der Waals surface area contributed by atoms with Gasteiger partial charge in [-0.25, -0.2) is 4.79 Å². The number of carboxylic acids is 1. The van der Waals surface area contributed by atoms with Gasteiger partial charge in [0, 0.05) is 18.8 Å². The van der Waals surface area contributed by atoms with Gasteiger partial charge in [-0.2, -0.15) is 0 Å². The highest BCUT2D eigenvalue weighted by atomic mass is 16.4. The normalized spacial score (nSPS) is 15.5. The third-order valence-corrected chi connectivity index (χ3v) is 3.77. The van der Waals surface area contributed by atoms with Crippen LogP contribution in [0.5, 0.6) is 0 Å². The van der Waals surface area contributed by atoms with Gasteiger partial charge in [-0.05, 0) is 43.4 Å². The molecular formula is C15H20N2O3. The molecule has 1 unspecified atom stereocenters. The van der Waals surface area contributed by atoms with Crippen LogP contribution in [0.3, 0.4) is 0 Å². The van der Waals surface area contributed by atoms with Crippen LogP contribution in [0.15, 0.2) is 24.3 Å². The van der Waals surface area contributed by atoms with Crippen molar-refractivity contribution in [1.29, 1.82) is 0 Å². The van der Waals surface area contributed by atoms with E-state index in [4.69, 9.17) is 5.11 Å². The van der Waals surface area contributed by atoms with Crippen molar-refractivity contribution < 1.29 is 14.7 Å². The lowest BCUT2D eigenvalue weighted by atomic mass is 10.1. The molecule has 1 fully saturated rings. The summed E-state index contributed by atoms with van der Waals surface area (Å²) in [6.45, 7) is 2.05. The number of rotatable bonds is 5. The first-order valence-corrected chi connectivity index (χ1v) is 6.82. The van der Waals surface area contributed by atoms with Crippen LogP contribution in [-0.2, 0) is 11.2 Å². The number of nitrogens with one attached hydrogen (secondary N) is 1. The largest absolute Gasteiger partial charge is 0.481 e. The molecule has 0 aliphatic heterocycles. The van der Waals surface area contributed by atoms with Crippen LogP contribution < -0.4 is 5.32 Å². The monoisotopic (exact) mass is 276 g/mol. The molecular weight excluding hydrogens is 256 g/mol. The van der Waals surface area contributed by atoms with Gasteiger partial charge in [-0.15, -0.1) is 0 Å². The number of hydrogen-bond acceptors (Lipinski definition) is 2. The molecule has 108 valence electrons. The highest BCUT2D eigenvalue weighted by molar-refractivity contribution is 5.89. The Morgan fingerprint density at radius 3 is 2.75 bits per heavy atom. The maximum Gasteiger partial charge on any atom is 0.321 e. The smallest absolute Gasteiger partial charge is 0.321 e. The zero-order valence-electron chi connectivity index (χ0n) is 11.8. The number of benzene rings is 1. The molecule has 1 saturated carbocycles. The highest BCUT2D eigenvalue weighted by Gasteiger charge is 2.32. The van der Waals surface area contributed by atoms with E-state index in [1.165, 1.54) is 12.8 Å². The van der Waals surface area contributed by atoms with E-state index in [0.717, 1.165) is 0 Å². The number of carbonyl (C=O) groups excluding carboxylic acids is 1. The standard InChI is InChI=1S/C15H20N2O3/c1-10(12-6-7-12)17(2)15(20)16-13-5-3-4-11(8-13)9-14(18)19/h3-5,8,10,12H,6-7,9H2,1-2H3,(H,16,20)(H,18,19). The fraction of sp³-hybridized carbons (Fsp3) is 0.467. The Hall–Kier alpha value is -2.04. The molecule has 1 aliphatic rings. The van der Waals surface area contributed by atoms with Gasteiger partial charge in [0.1, 0.15) is 0 Å². The summed E-state index contributed by atoms with van der Waals surface area (Å²) in [4.78, 5) is 24.5. The Labute approximate surface area is 118 Å². The zero-order valence-corrected chi connectivity index (χ0v) is 11.8. The molecule has 0 bridgehead atoms. The Kier molecular flexibility index (Phi) is 4.27. The molecule has 5 heteroatoms. The number of urea groups is 1. The summed E-state index contributed by atoms with van der Waals surface area (Å²) in [5, 5.41) is 11.6. The summed E-state index contributed by atoms with van der Waals surface area (Å²) in [5.41, 5.74) is 1.30. The van der Waals surface area contributed by atoms with Crippen molar-refractivity contribution in [3.05, 3.63) is 29.8 Å². The molecule has 0 aromatic heterocycles. The Bertz CT molecular complexity index is 512. The Morgan fingerprint density at radius 1 is 1.45 bits per heavy atom. The molecule has 20 heavy (non-hydrogen) atoms. The number of anilines is 1. The fourth-order valence-electron chi connectivity index (χ4n) is 2.23. The zero-order chi connectivity index (χ0) is 14.7. The van der Waals surface area contributed by atoms with Gasteiger partial charge in [0.25, 0.3) is 0 Å². The summed E-state index contributed by atoms with van der Waals surface area (Å²) in [6.07, 6.45) is 2.33. The van der Waals surface area contributed by atoms with Gasteiger partial charge in [0.05, 0.1) is 6.42 Å². The van der Waals surface area contributed by atoms with Crippen molar-refractivity contribution in [3.8, 4) is 0 Å². The predicted molar refractivity (Wildman–Crippen MR) is 76.7 cm³/mol. The van der Waals surface area contributed by atoms with Crippen LogP contribution in [0.25, 0.3) is 0 Å². The molecule has 5 nitrogen and oxygen atoms in total. The van der Waals surface area contributed by atoms with E-state index in [9.17, 15) is 9.59 Å². The molecule has 0 heterocycles. The van der Waals surface area contributed by atoms with Gasteiger partial charge >= 0.3 is 12.0 Å². The average Bonchev–Trinajstić information content (AvgIpc) is 3.20. The van der Waals surface area contributed by atoms with Crippen molar-refractivity contribution >= 4 is 17.7 Å². The predicted octanol–water partition coefficient (Wildman–Crippen LogP) is 2.58. The summed E-state index contributed by atoms with van der Waals surface area (Å²) in [5.74, 6) is -0.267. The van der Waals surface area contributed by atoms with Gasteiger partial charge in [-0.1, -0.05) is 12.1 Å². The maximum atomic E-state index is 12.1. The minimum atomic E-state index is -0.882. The molecule has 2 N–H and O–H groups in total. The van der Waals surface area contributed by atoms with Crippen molar-refractivity contribution in [2.24, 2.45) is 5.92 Å². The third-order valence-electron chi connectivity index (χ3n) is 3.77. The van der Waals surface area contributed by atoms with Crippen molar-refractivity contribution in [3.63, 3.8) is 0 Å². The number of aliphatic carboxylic acids is 1. The van der Waals surface area contributed by atoms with Crippen LogP contribution in [0.1, 0.15) is 25.3 Å². The van der Waals surface area contributed by atoms with E-state index >= 15 is 0 Å². The number of carboxylic acid groups (broad SMARTS) is 1. The van der Waals surface area contributed by atoms with Crippen LogP contribution in [-0.4, -0.2) is 35.1 Å². The summed E-state index contributed by atoms with van der Waals surface area (Å²) < 4.78 is 0. The average molecular weight is 276 g/mol. The summed E-state index contributed by atoms with van der Waals surface area (Å²) in [6, 6.07) is 7.02. The summed E-state index contributed by atoms with van der Waals surface area (Å²) >= 11 is 0. The van der Waals surface area contributed by atoms with E-state index in [-0.39, 0.29) is 18.5 Å². The molecule has 2 rings (SSSR count). The van der Waals surface area contributed by atoms with Crippen LogP contribution in [0.4, 0.5) is 10.5 Å². The maximum absolute atomic E-state index is 12.1. The number of amides is 2. The minimum Gasteiger partial charge on any atom is -0.481 e. The minimum absolute atomic E-state index is 0.0436. The highest BCUT2D eigenvalue weighted by Crippen LogP contribution is 2.34. The Morgan fingerprint density at radius 2 is 2.15 bits per heavy atom. The molecule has 2 amide bonds. The fourth-order valence-corrected chi connectivity index (χ4v) is 2.23. The SMILES string of the molecule is CC(C1CC1)N(C)C(=O)Nc1cccc(CC(=O)O)c1. The number of nitrogens with zero attached hydrogens (tertiary/aromatic N) is 1. The van der Waals surface area contributed by atoms with E-state index in [1.807, 2.05) is 0 Å². The third kappa shape index (κ3) is 3.73. The molecule has 0 radical (unpaired) electrons. The van der Waals surface area contributed by atoms with Gasteiger partial charge in [-0.3, -0.25) is 4.79 Å². The first kappa shape index (κ1) is 14.4. The first-order chi connectivity index (χ1) is 9.47. The van der Waals surface area contributed by atoms with Crippen LogP contribution in [0, 0.1) is 5.92 Å². The van der Waals surface area contributed by atoms with Gasteiger partial charge in [0.15, 0.2) is 0 Å². The van der Waals surface area contributed by atoms with Crippen LogP contribution in [0.2, 0.25) is 0 Å². The Balaban J connectivity index is 1.97. The van der Waals surface area contributed by atoms with Crippen molar-refractivity contribution in [2.45, 2.75) is 32.2 Å². The topological polar surface area (TPSA) is 69.6 Å². The van der Waals surface area contributed by atoms with E-state index < -0.39 is 5.97 Å². The lowest BCUT2D eigenvalue weighted by molar-refractivity contribution is -0.136. The number of carbonyl (C=O) groups is 2. The molecule has 0 saturated heterocycles. The lowest BCUT2D eigenvalue weighted by Crippen LogP contribution is -2.39. The second-order valence-corrected chi connectivity index (χ2v) is 5.39. The first-order valence-electron chi connectivity index (χ1n) is 6.82. The van der Waals surface area contributed by atoms with Gasteiger partial charge in [0.2, 0.25) is 0 Å². The second kappa shape index (κ2) is 5.94.